The summed E-state index contributed by atoms with van der Waals surface area (Å²) in [5, 5.41) is 8.93. The molecule has 0 unspecified atom stereocenters. The molecule has 5 nitrogen and oxygen atoms in total. The van der Waals surface area contributed by atoms with E-state index >= 15 is 0 Å². The highest BCUT2D eigenvalue weighted by Gasteiger charge is 2.32. The quantitative estimate of drug-likeness (QED) is 0.845. The van der Waals surface area contributed by atoms with Crippen LogP contribution in [0.3, 0.4) is 0 Å². The summed E-state index contributed by atoms with van der Waals surface area (Å²) >= 11 is 5.80. The molecule has 1 fully saturated rings. The predicted octanol–water partition coefficient (Wildman–Crippen LogP) is 1.59. The van der Waals surface area contributed by atoms with Gasteiger partial charge in [-0.05, 0) is 19.1 Å². The maximum Gasteiger partial charge on any atom is 0.303 e. The second-order valence-corrected chi connectivity index (χ2v) is 4.88. The van der Waals surface area contributed by atoms with Gasteiger partial charge in [-0.2, -0.15) is 0 Å². The van der Waals surface area contributed by atoms with Gasteiger partial charge in [0.1, 0.15) is 5.15 Å². The number of carbonyl (C=O) groups is 2. The molecule has 6 heteroatoms. The van der Waals surface area contributed by atoms with E-state index in [1.54, 1.807) is 17.9 Å². The van der Waals surface area contributed by atoms with Crippen LogP contribution < -0.4 is 0 Å². The van der Waals surface area contributed by atoms with Gasteiger partial charge >= 0.3 is 5.97 Å². The van der Waals surface area contributed by atoms with Crippen molar-refractivity contribution in [3.05, 3.63) is 28.5 Å². The van der Waals surface area contributed by atoms with Crippen LogP contribution in [0.2, 0.25) is 5.15 Å². The van der Waals surface area contributed by atoms with E-state index in [4.69, 9.17) is 16.7 Å². The minimum absolute atomic E-state index is 0.0601. The van der Waals surface area contributed by atoms with Crippen molar-refractivity contribution in [2.75, 3.05) is 13.1 Å². The monoisotopic (exact) mass is 268 g/mol. The molecule has 0 saturated carbocycles. The summed E-state index contributed by atoms with van der Waals surface area (Å²) in [4.78, 5) is 28.2. The summed E-state index contributed by atoms with van der Waals surface area (Å²) in [5.41, 5.74) is 1.19. The first-order valence-electron chi connectivity index (χ1n) is 5.61. The number of carbonyl (C=O) groups excluding carboxylic acids is 1. The molecule has 1 aromatic rings. The Morgan fingerprint density at radius 1 is 1.50 bits per heavy atom. The Morgan fingerprint density at radius 3 is 2.72 bits per heavy atom. The van der Waals surface area contributed by atoms with Crippen molar-refractivity contribution in [1.82, 2.24) is 9.88 Å². The van der Waals surface area contributed by atoms with Crippen molar-refractivity contribution in [2.45, 2.75) is 13.3 Å². The first-order valence-corrected chi connectivity index (χ1v) is 5.99. The molecule has 18 heavy (non-hydrogen) atoms. The van der Waals surface area contributed by atoms with Gasteiger partial charge in [0.25, 0.3) is 5.91 Å². The molecule has 1 aliphatic heterocycles. The highest BCUT2D eigenvalue weighted by molar-refractivity contribution is 6.29. The number of aryl methyl sites for hydroxylation is 1. The summed E-state index contributed by atoms with van der Waals surface area (Å²) in [6.07, 6.45) is 0.111. The number of likely N-dealkylation sites (tertiary alicyclic amines) is 1. The van der Waals surface area contributed by atoms with Crippen LogP contribution >= 0.6 is 11.6 Å². The zero-order chi connectivity index (χ0) is 13.3. The molecule has 0 radical (unpaired) electrons. The zero-order valence-electron chi connectivity index (χ0n) is 9.89. The number of hydrogen-bond acceptors (Lipinski definition) is 3. The topological polar surface area (TPSA) is 70.5 Å². The Morgan fingerprint density at radius 2 is 2.17 bits per heavy atom. The molecule has 96 valence electrons. The molecule has 0 atom stereocenters. The average Bonchev–Trinajstić information content (AvgIpc) is 2.20. The molecule has 0 aromatic carbocycles. The third kappa shape index (κ3) is 2.79. The minimum Gasteiger partial charge on any atom is -0.481 e. The number of aromatic nitrogens is 1. The molecular weight excluding hydrogens is 256 g/mol. The molecular formula is C12H13ClN2O3. The van der Waals surface area contributed by atoms with Gasteiger partial charge < -0.3 is 10.0 Å². The van der Waals surface area contributed by atoms with E-state index in [0.29, 0.717) is 29.5 Å². The van der Waals surface area contributed by atoms with Crippen LogP contribution in [0.25, 0.3) is 0 Å². The molecule has 2 heterocycles. The lowest BCUT2D eigenvalue weighted by Crippen LogP contribution is -2.50. The van der Waals surface area contributed by atoms with Gasteiger partial charge in [-0.1, -0.05) is 11.6 Å². The Hall–Kier alpha value is -1.62. The second kappa shape index (κ2) is 4.94. The number of rotatable bonds is 3. The van der Waals surface area contributed by atoms with Crippen LogP contribution in [0.15, 0.2) is 12.1 Å². The SMILES string of the molecule is Cc1cc(C(=O)N2CC(CC(=O)O)C2)cc(Cl)n1. The molecule has 1 saturated heterocycles. The van der Waals surface area contributed by atoms with E-state index in [0.717, 1.165) is 0 Å². The van der Waals surface area contributed by atoms with Crippen LogP contribution in [-0.4, -0.2) is 40.0 Å². The molecule has 0 bridgehead atoms. The van der Waals surface area contributed by atoms with Crippen molar-refractivity contribution in [3.63, 3.8) is 0 Å². The summed E-state index contributed by atoms with van der Waals surface area (Å²) in [6.45, 7) is 2.75. The van der Waals surface area contributed by atoms with Gasteiger partial charge in [0.05, 0.1) is 6.42 Å². The number of carboxylic acids is 1. The Balaban J connectivity index is 1.99. The normalized spacial score (nSPS) is 15.3. The van der Waals surface area contributed by atoms with E-state index in [-0.39, 0.29) is 18.2 Å². The average molecular weight is 269 g/mol. The van der Waals surface area contributed by atoms with E-state index in [2.05, 4.69) is 4.98 Å². The molecule has 1 aliphatic rings. The van der Waals surface area contributed by atoms with Crippen molar-refractivity contribution < 1.29 is 14.7 Å². The number of nitrogens with zero attached hydrogens (tertiary/aromatic N) is 2. The predicted molar refractivity (Wildman–Crippen MR) is 65.6 cm³/mol. The second-order valence-electron chi connectivity index (χ2n) is 4.49. The number of pyridine rings is 1. The molecule has 1 N–H and O–H groups in total. The first-order chi connectivity index (χ1) is 8.45. The summed E-state index contributed by atoms with van der Waals surface area (Å²) < 4.78 is 0. The fraction of sp³-hybridized carbons (Fsp3) is 0.417. The summed E-state index contributed by atoms with van der Waals surface area (Å²) in [5.74, 6) is -0.885. The first kappa shape index (κ1) is 12.8. The van der Waals surface area contributed by atoms with Crippen molar-refractivity contribution in [1.29, 1.82) is 0 Å². The molecule has 0 spiro atoms. The largest absolute Gasteiger partial charge is 0.481 e. The highest BCUT2D eigenvalue weighted by Crippen LogP contribution is 2.22. The standard InChI is InChI=1S/C12H13ClN2O3/c1-7-2-9(4-10(13)14-7)12(18)15-5-8(6-15)3-11(16)17/h2,4,8H,3,5-6H2,1H3,(H,16,17). The van der Waals surface area contributed by atoms with Crippen LogP contribution in [-0.2, 0) is 4.79 Å². The third-order valence-electron chi connectivity index (χ3n) is 2.88. The molecule has 0 aliphatic carbocycles. The Bertz CT molecular complexity index is 478. The van der Waals surface area contributed by atoms with Gasteiger partial charge in [-0.3, -0.25) is 9.59 Å². The zero-order valence-corrected chi connectivity index (χ0v) is 10.6. The maximum absolute atomic E-state index is 12.1. The van der Waals surface area contributed by atoms with Crippen LogP contribution in [0.1, 0.15) is 22.5 Å². The molecule has 1 aromatic heterocycles. The maximum atomic E-state index is 12.1. The Kier molecular flexibility index (Phi) is 3.52. The number of hydrogen-bond donors (Lipinski definition) is 1. The fourth-order valence-electron chi connectivity index (χ4n) is 2.05. The van der Waals surface area contributed by atoms with E-state index in [1.807, 2.05) is 0 Å². The van der Waals surface area contributed by atoms with Gasteiger partial charge in [-0.25, -0.2) is 4.98 Å². The van der Waals surface area contributed by atoms with E-state index < -0.39 is 5.97 Å². The highest BCUT2D eigenvalue weighted by atomic mass is 35.5. The van der Waals surface area contributed by atoms with Gasteiger partial charge in [-0.15, -0.1) is 0 Å². The van der Waals surface area contributed by atoms with Gasteiger partial charge in [0, 0.05) is 30.3 Å². The van der Waals surface area contributed by atoms with Crippen LogP contribution in [0.5, 0.6) is 0 Å². The number of halogens is 1. The number of amides is 1. The Labute approximate surface area is 109 Å². The lowest BCUT2D eigenvalue weighted by atomic mass is 9.95. The smallest absolute Gasteiger partial charge is 0.303 e. The molecule has 2 rings (SSSR count). The van der Waals surface area contributed by atoms with Crippen molar-refractivity contribution in [3.8, 4) is 0 Å². The van der Waals surface area contributed by atoms with Crippen LogP contribution in [0, 0.1) is 12.8 Å². The van der Waals surface area contributed by atoms with E-state index in [1.165, 1.54) is 6.07 Å². The fourth-order valence-corrected chi connectivity index (χ4v) is 2.30. The number of carboxylic acid groups (broad SMARTS) is 1. The summed E-state index contributed by atoms with van der Waals surface area (Å²) in [6, 6.07) is 3.21. The molecule has 1 amide bonds. The van der Waals surface area contributed by atoms with Crippen molar-refractivity contribution in [2.24, 2.45) is 5.92 Å². The van der Waals surface area contributed by atoms with E-state index in [9.17, 15) is 9.59 Å². The summed E-state index contributed by atoms with van der Waals surface area (Å²) in [7, 11) is 0. The minimum atomic E-state index is -0.824. The number of aliphatic carboxylic acids is 1. The lowest BCUT2D eigenvalue weighted by Gasteiger charge is -2.38. The lowest BCUT2D eigenvalue weighted by molar-refractivity contribution is -0.139. The van der Waals surface area contributed by atoms with Gasteiger partial charge in [0.2, 0.25) is 0 Å². The third-order valence-corrected chi connectivity index (χ3v) is 3.07. The van der Waals surface area contributed by atoms with Crippen molar-refractivity contribution >= 4 is 23.5 Å². The van der Waals surface area contributed by atoms with Crippen LogP contribution in [0.4, 0.5) is 0 Å². The van der Waals surface area contributed by atoms with Gasteiger partial charge in [0.15, 0.2) is 0 Å².